The van der Waals surface area contributed by atoms with Crippen molar-refractivity contribution < 1.29 is 4.74 Å². The quantitative estimate of drug-likeness (QED) is 0.697. The lowest BCUT2D eigenvalue weighted by Gasteiger charge is -2.27. The van der Waals surface area contributed by atoms with Crippen molar-refractivity contribution in [1.29, 1.82) is 0 Å². The van der Waals surface area contributed by atoms with Gasteiger partial charge in [0.2, 0.25) is 0 Å². The van der Waals surface area contributed by atoms with E-state index in [1.165, 1.54) is 0 Å². The Kier molecular flexibility index (Phi) is 1.91. The first kappa shape index (κ1) is 7.49. The van der Waals surface area contributed by atoms with Crippen LogP contribution in [0.1, 0.15) is 5.69 Å². The summed E-state index contributed by atoms with van der Waals surface area (Å²) in [7, 11) is 0. The van der Waals surface area contributed by atoms with Crippen LogP contribution in [0.2, 0.25) is 0 Å². The van der Waals surface area contributed by atoms with Gasteiger partial charge in [0.05, 0.1) is 31.1 Å². The zero-order valence-corrected chi connectivity index (χ0v) is 6.95. The summed E-state index contributed by atoms with van der Waals surface area (Å²) in [6.07, 6.45) is 3.47. The second kappa shape index (κ2) is 3.06. The molecule has 64 valence electrons. The van der Waals surface area contributed by atoms with Crippen molar-refractivity contribution in [2.75, 3.05) is 18.5 Å². The first-order valence-electron chi connectivity index (χ1n) is 3.97. The van der Waals surface area contributed by atoms with E-state index >= 15 is 0 Å². The molecule has 4 heteroatoms. The van der Waals surface area contributed by atoms with Gasteiger partial charge in [-0.25, -0.2) is 4.98 Å². The fourth-order valence-electron chi connectivity index (χ4n) is 1.06. The predicted octanol–water partition coefficient (Wildman–Crippen LogP) is 0.596. The number of ether oxygens (including phenoxy) is 1. The Morgan fingerprint density at radius 2 is 2.33 bits per heavy atom. The maximum atomic E-state index is 5.03. The molecule has 0 radical (unpaired) electrons. The van der Waals surface area contributed by atoms with Crippen LogP contribution in [0.4, 0.5) is 5.82 Å². The van der Waals surface area contributed by atoms with Crippen LogP contribution >= 0.6 is 0 Å². The van der Waals surface area contributed by atoms with Crippen LogP contribution in [-0.4, -0.2) is 29.2 Å². The van der Waals surface area contributed by atoms with Gasteiger partial charge in [0.25, 0.3) is 0 Å². The normalized spacial score (nSPS) is 17.1. The van der Waals surface area contributed by atoms with Gasteiger partial charge in [-0.1, -0.05) is 0 Å². The lowest BCUT2D eigenvalue weighted by atomic mass is 10.2. The smallest absolute Gasteiger partial charge is 0.145 e. The zero-order chi connectivity index (χ0) is 8.39. The number of nitrogens with one attached hydrogen (secondary N) is 1. The summed E-state index contributed by atoms with van der Waals surface area (Å²) in [4.78, 5) is 8.30. The fourth-order valence-corrected chi connectivity index (χ4v) is 1.06. The summed E-state index contributed by atoms with van der Waals surface area (Å²) >= 11 is 0. The molecule has 0 unspecified atom stereocenters. The number of hydrogen-bond acceptors (Lipinski definition) is 4. The number of hydrogen-bond donors (Lipinski definition) is 1. The summed E-state index contributed by atoms with van der Waals surface area (Å²) < 4.78 is 5.03. The topological polar surface area (TPSA) is 47.0 Å². The Hall–Kier alpha value is -1.16. The molecule has 0 atom stereocenters. The van der Waals surface area contributed by atoms with E-state index in [2.05, 4.69) is 15.3 Å². The van der Waals surface area contributed by atoms with E-state index in [4.69, 9.17) is 4.74 Å². The van der Waals surface area contributed by atoms with E-state index in [0.717, 1.165) is 24.7 Å². The molecule has 0 amide bonds. The van der Waals surface area contributed by atoms with Crippen LogP contribution in [0, 0.1) is 6.92 Å². The summed E-state index contributed by atoms with van der Waals surface area (Å²) in [5, 5.41) is 3.22. The highest BCUT2D eigenvalue weighted by molar-refractivity contribution is 5.33. The highest BCUT2D eigenvalue weighted by Crippen LogP contribution is 2.08. The van der Waals surface area contributed by atoms with Gasteiger partial charge in [0, 0.05) is 6.20 Å². The average Bonchev–Trinajstić information content (AvgIpc) is 1.97. The molecule has 0 aliphatic carbocycles. The largest absolute Gasteiger partial charge is 0.377 e. The van der Waals surface area contributed by atoms with Crippen LogP contribution < -0.4 is 5.32 Å². The van der Waals surface area contributed by atoms with Gasteiger partial charge in [0.15, 0.2) is 0 Å². The van der Waals surface area contributed by atoms with E-state index in [0.29, 0.717) is 6.04 Å². The third-order valence-electron chi connectivity index (χ3n) is 1.75. The standard InChI is InChI=1S/C8H11N3O/c1-6-2-9-3-8(10-6)11-7-4-12-5-7/h2-3,7H,4-5H2,1H3,(H,10,11). The molecule has 0 spiro atoms. The van der Waals surface area contributed by atoms with E-state index < -0.39 is 0 Å². The second-order valence-electron chi connectivity index (χ2n) is 2.92. The van der Waals surface area contributed by atoms with Crippen molar-refractivity contribution in [2.45, 2.75) is 13.0 Å². The number of aromatic nitrogens is 2. The summed E-state index contributed by atoms with van der Waals surface area (Å²) in [5.41, 5.74) is 0.931. The molecule has 0 bridgehead atoms. The highest BCUT2D eigenvalue weighted by atomic mass is 16.5. The second-order valence-corrected chi connectivity index (χ2v) is 2.92. The molecule has 2 rings (SSSR count). The molecule has 0 saturated carbocycles. The van der Waals surface area contributed by atoms with Crippen LogP contribution in [-0.2, 0) is 4.74 Å². The molecule has 1 saturated heterocycles. The monoisotopic (exact) mass is 165 g/mol. The highest BCUT2D eigenvalue weighted by Gasteiger charge is 2.17. The van der Waals surface area contributed by atoms with Crippen molar-refractivity contribution in [1.82, 2.24) is 9.97 Å². The summed E-state index contributed by atoms with van der Waals surface area (Å²) in [5.74, 6) is 0.836. The van der Waals surface area contributed by atoms with Crippen molar-refractivity contribution >= 4 is 5.82 Å². The Morgan fingerprint density at radius 1 is 1.50 bits per heavy atom. The van der Waals surface area contributed by atoms with Gasteiger partial charge in [-0.3, -0.25) is 4.98 Å². The van der Waals surface area contributed by atoms with Crippen LogP contribution in [0.5, 0.6) is 0 Å². The van der Waals surface area contributed by atoms with Gasteiger partial charge < -0.3 is 10.1 Å². The minimum Gasteiger partial charge on any atom is -0.377 e. The molecule has 1 aliphatic rings. The van der Waals surface area contributed by atoms with Crippen LogP contribution in [0.25, 0.3) is 0 Å². The molecular formula is C8H11N3O. The molecule has 12 heavy (non-hydrogen) atoms. The van der Waals surface area contributed by atoms with E-state index in [9.17, 15) is 0 Å². The zero-order valence-electron chi connectivity index (χ0n) is 6.95. The Balaban J connectivity index is 2.02. The molecular weight excluding hydrogens is 154 g/mol. The minimum absolute atomic E-state index is 0.418. The molecule has 2 heterocycles. The van der Waals surface area contributed by atoms with Crippen molar-refractivity contribution in [3.8, 4) is 0 Å². The van der Waals surface area contributed by atoms with Crippen LogP contribution in [0.15, 0.2) is 12.4 Å². The maximum Gasteiger partial charge on any atom is 0.145 e. The Labute approximate surface area is 71.0 Å². The first-order chi connectivity index (χ1) is 5.84. The van der Waals surface area contributed by atoms with Crippen molar-refractivity contribution in [3.05, 3.63) is 18.1 Å². The lowest BCUT2D eigenvalue weighted by molar-refractivity contribution is 0.0209. The van der Waals surface area contributed by atoms with Crippen LogP contribution in [0.3, 0.4) is 0 Å². The molecule has 1 N–H and O–H groups in total. The Morgan fingerprint density at radius 3 is 2.92 bits per heavy atom. The van der Waals surface area contributed by atoms with E-state index in [1.807, 2.05) is 6.92 Å². The third kappa shape index (κ3) is 1.53. The van der Waals surface area contributed by atoms with Gasteiger partial charge in [-0.05, 0) is 6.92 Å². The van der Waals surface area contributed by atoms with E-state index in [-0.39, 0.29) is 0 Å². The van der Waals surface area contributed by atoms with Gasteiger partial charge in [-0.15, -0.1) is 0 Å². The number of anilines is 1. The number of aryl methyl sites for hydroxylation is 1. The summed E-state index contributed by atoms with van der Waals surface area (Å²) in [6.45, 7) is 3.47. The fraction of sp³-hybridized carbons (Fsp3) is 0.500. The lowest BCUT2D eigenvalue weighted by Crippen LogP contribution is -2.40. The van der Waals surface area contributed by atoms with Gasteiger partial charge in [0.1, 0.15) is 5.82 Å². The van der Waals surface area contributed by atoms with Crippen molar-refractivity contribution in [2.24, 2.45) is 0 Å². The van der Waals surface area contributed by atoms with E-state index in [1.54, 1.807) is 12.4 Å². The molecule has 0 aromatic carbocycles. The first-order valence-corrected chi connectivity index (χ1v) is 3.97. The molecule has 4 nitrogen and oxygen atoms in total. The predicted molar refractivity (Wildman–Crippen MR) is 45.0 cm³/mol. The SMILES string of the molecule is Cc1cncc(NC2COC2)n1. The molecule has 1 aliphatic heterocycles. The minimum atomic E-state index is 0.418. The number of nitrogens with zero attached hydrogens (tertiary/aromatic N) is 2. The number of rotatable bonds is 2. The summed E-state index contributed by atoms with van der Waals surface area (Å²) in [6, 6.07) is 0.418. The average molecular weight is 165 g/mol. The molecule has 1 aromatic rings. The molecule has 1 fully saturated rings. The maximum absolute atomic E-state index is 5.03. The van der Waals surface area contributed by atoms with Crippen molar-refractivity contribution in [3.63, 3.8) is 0 Å². The third-order valence-corrected chi connectivity index (χ3v) is 1.75. The Bertz CT molecular complexity index is 273. The van der Waals surface area contributed by atoms with Gasteiger partial charge in [-0.2, -0.15) is 0 Å². The van der Waals surface area contributed by atoms with Gasteiger partial charge >= 0.3 is 0 Å². The molecule has 1 aromatic heterocycles.